The number of nitrogens with zero attached hydrogens (tertiary/aromatic N) is 1. The third-order valence-corrected chi connectivity index (χ3v) is 4.79. The molecular formula is C23H24ClN3O2. The summed E-state index contributed by atoms with van der Waals surface area (Å²) in [5, 5.41) is 3.40. The van der Waals surface area contributed by atoms with Crippen LogP contribution in [0.4, 0.5) is 11.5 Å². The predicted molar refractivity (Wildman–Crippen MR) is 118 cm³/mol. The van der Waals surface area contributed by atoms with E-state index in [1.165, 1.54) is 6.20 Å². The fourth-order valence-electron chi connectivity index (χ4n) is 2.90. The topological polar surface area (TPSA) is 77.2 Å². The van der Waals surface area contributed by atoms with Crippen LogP contribution in [-0.2, 0) is 0 Å². The predicted octanol–water partition coefficient (Wildman–Crippen LogP) is 5.83. The van der Waals surface area contributed by atoms with Crippen LogP contribution in [0, 0.1) is 0 Å². The maximum atomic E-state index is 12.7. The van der Waals surface area contributed by atoms with Gasteiger partial charge in [-0.05, 0) is 48.2 Å². The number of halogens is 1. The number of nitrogens with one attached hydrogen (secondary N) is 1. The number of ether oxygens (including phenoxy) is 1. The molecule has 0 aliphatic rings. The van der Waals surface area contributed by atoms with Gasteiger partial charge in [-0.3, -0.25) is 4.79 Å². The Morgan fingerprint density at radius 2 is 1.79 bits per heavy atom. The second-order valence-electron chi connectivity index (χ2n) is 7.16. The molecule has 5 nitrogen and oxygen atoms in total. The summed E-state index contributed by atoms with van der Waals surface area (Å²) in [5.41, 5.74) is 9.19. The quantitative estimate of drug-likeness (QED) is 0.536. The van der Waals surface area contributed by atoms with Gasteiger partial charge in [0, 0.05) is 23.5 Å². The first-order valence-corrected chi connectivity index (χ1v) is 9.80. The molecule has 150 valence electrons. The summed E-state index contributed by atoms with van der Waals surface area (Å²) in [5.74, 6) is 0.902. The summed E-state index contributed by atoms with van der Waals surface area (Å²) < 4.78 is 5.91. The highest BCUT2D eigenvalue weighted by atomic mass is 35.5. The second kappa shape index (κ2) is 8.97. The largest absolute Gasteiger partial charge is 0.482 e. The number of rotatable bonds is 6. The average molecular weight is 410 g/mol. The van der Waals surface area contributed by atoms with E-state index in [9.17, 15) is 4.79 Å². The molecule has 0 saturated heterocycles. The van der Waals surface area contributed by atoms with Gasteiger partial charge in [0.05, 0.1) is 5.02 Å². The number of hydrogen-bond donors (Lipinski definition) is 2. The van der Waals surface area contributed by atoms with Gasteiger partial charge in [0.25, 0.3) is 5.91 Å². The average Bonchev–Trinajstić information content (AvgIpc) is 2.71. The normalized spacial score (nSPS) is 11.9. The third-order valence-electron chi connectivity index (χ3n) is 4.58. The van der Waals surface area contributed by atoms with Gasteiger partial charge in [0.15, 0.2) is 11.6 Å². The molecule has 2 aromatic carbocycles. The number of hydrogen-bond acceptors (Lipinski definition) is 4. The van der Waals surface area contributed by atoms with Crippen LogP contribution < -0.4 is 15.8 Å². The molecule has 1 heterocycles. The van der Waals surface area contributed by atoms with Crippen molar-refractivity contribution in [3.63, 3.8) is 0 Å². The highest BCUT2D eigenvalue weighted by Gasteiger charge is 2.13. The van der Waals surface area contributed by atoms with E-state index in [0.29, 0.717) is 27.9 Å². The lowest BCUT2D eigenvalue weighted by molar-refractivity contribution is 0.102. The molecule has 3 N–H and O–H groups in total. The van der Waals surface area contributed by atoms with Crippen molar-refractivity contribution in [2.75, 3.05) is 11.1 Å². The van der Waals surface area contributed by atoms with Crippen molar-refractivity contribution in [1.29, 1.82) is 0 Å². The van der Waals surface area contributed by atoms with Gasteiger partial charge in [-0.25, -0.2) is 4.98 Å². The lowest BCUT2D eigenvalue weighted by Crippen LogP contribution is -2.13. The number of amides is 1. The lowest BCUT2D eigenvalue weighted by Gasteiger charge is -2.17. The van der Waals surface area contributed by atoms with Crippen LogP contribution in [0.25, 0.3) is 0 Å². The van der Waals surface area contributed by atoms with Crippen LogP contribution >= 0.6 is 11.6 Å². The molecule has 0 bridgehead atoms. The molecule has 1 aromatic heterocycles. The van der Waals surface area contributed by atoms with E-state index in [1.807, 2.05) is 55.5 Å². The number of pyridine rings is 1. The number of carbonyl (C=O) groups excluding carboxylic acids is 1. The van der Waals surface area contributed by atoms with Crippen LogP contribution in [-0.4, -0.2) is 10.9 Å². The first-order chi connectivity index (χ1) is 13.8. The van der Waals surface area contributed by atoms with Crippen LogP contribution in [0.1, 0.15) is 54.3 Å². The molecule has 1 unspecified atom stereocenters. The van der Waals surface area contributed by atoms with Crippen molar-refractivity contribution >= 4 is 29.0 Å². The van der Waals surface area contributed by atoms with Gasteiger partial charge in [0.1, 0.15) is 6.10 Å². The van der Waals surface area contributed by atoms with Crippen molar-refractivity contribution in [1.82, 2.24) is 4.98 Å². The first-order valence-electron chi connectivity index (χ1n) is 9.42. The highest BCUT2D eigenvalue weighted by Crippen LogP contribution is 2.29. The SMILES string of the molecule is CC(C)c1cccc(C(=O)Nc2cccc(C(C)Oc3cc(Cl)cnc3N)c2)c1. The van der Waals surface area contributed by atoms with Crippen molar-refractivity contribution < 1.29 is 9.53 Å². The number of aromatic nitrogens is 1. The van der Waals surface area contributed by atoms with E-state index in [2.05, 4.69) is 24.1 Å². The van der Waals surface area contributed by atoms with E-state index >= 15 is 0 Å². The summed E-state index contributed by atoms with van der Waals surface area (Å²) >= 11 is 5.97. The minimum absolute atomic E-state index is 0.151. The molecule has 3 rings (SSSR count). The lowest BCUT2D eigenvalue weighted by atomic mass is 10.0. The number of anilines is 2. The number of benzene rings is 2. The minimum atomic E-state index is -0.307. The molecule has 0 aliphatic heterocycles. The summed E-state index contributed by atoms with van der Waals surface area (Å²) in [7, 11) is 0. The van der Waals surface area contributed by atoms with Crippen LogP contribution in [0.3, 0.4) is 0 Å². The van der Waals surface area contributed by atoms with E-state index in [-0.39, 0.29) is 17.8 Å². The van der Waals surface area contributed by atoms with E-state index in [0.717, 1.165) is 11.1 Å². The Bertz CT molecular complexity index is 1020. The highest BCUT2D eigenvalue weighted by molar-refractivity contribution is 6.30. The van der Waals surface area contributed by atoms with Gasteiger partial charge in [-0.2, -0.15) is 0 Å². The summed E-state index contributed by atoms with van der Waals surface area (Å²) in [6, 6.07) is 16.8. The molecule has 0 saturated carbocycles. The fourth-order valence-corrected chi connectivity index (χ4v) is 3.04. The van der Waals surface area contributed by atoms with Crippen molar-refractivity contribution in [2.45, 2.75) is 32.8 Å². The Morgan fingerprint density at radius 3 is 2.55 bits per heavy atom. The number of nitrogen functional groups attached to an aromatic ring is 1. The van der Waals surface area contributed by atoms with Gasteiger partial charge in [0.2, 0.25) is 0 Å². The second-order valence-corrected chi connectivity index (χ2v) is 7.59. The van der Waals surface area contributed by atoms with Crippen molar-refractivity contribution in [3.8, 4) is 5.75 Å². The molecule has 6 heteroatoms. The Balaban J connectivity index is 1.74. The fraction of sp³-hybridized carbons (Fsp3) is 0.217. The third kappa shape index (κ3) is 5.27. The molecule has 0 spiro atoms. The van der Waals surface area contributed by atoms with Gasteiger partial charge >= 0.3 is 0 Å². The number of nitrogens with two attached hydrogens (primary N) is 1. The Hall–Kier alpha value is -3.05. The van der Waals surface area contributed by atoms with Crippen LogP contribution in [0.2, 0.25) is 5.02 Å². The molecule has 1 atom stereocenters. The molecular weight excluding hydrogens is 386 g/mol. The maximum absolute atomic E-state index is 12.7. The summed E-state index contributed by atoms with van der Waals surface area (Å²) in [6.45, 7) is 6.10. The van der Waals surface area contributed by atoms with Crippen molar-refractivity contribution in [2.24, 2.45) is 0 Å². The molecule has 1 amide bonds. The standard InChI is InChI=1S/C23H24ClN3O2/c1-14(2)16-6-4-8-18(10-16)23(28)27-20-9-5-7-17(11-20)15(3)29-21-12-19(24)13-26-22(21)25/h4-15H,1-3H3,(H2,25,26)(H,27,28). The van der Waals surface area contributed by atoms with E-state index in [4.69, 9.17) is 22.1 Å². The first kappa shape index (κ1) is 20.7. The minimum Gasteiger partial charge on any atom is -0.482 e. The Kier molecular flexibility index (Phi) is 6.39. The Morgan fingerprint density at radius 1 is 1.07 bits per heavy atom. The van der Waals surface area contributed by atoms with Gasteiger partial charge in [-0.1, -0.05) is 49.7 Å². The van der Waals surface area contributed by atoms with E-state index < -0.39 is 0 Å². The summed E-state index contributed by atoms with van der Waals surface area (Å²) in [6.07, 6.45) is 1.16. The molecule has 0 radical (unpaired) electrons. The van der Waals surface area contributed by atoms with E-state index in [1.54, 1.807) is 6.07 Å². The molecule has 0 aliphatic carbocycles. The molecule has 3 aromatic rings. The van der Waals surface area contributed by atoms with Gasteiger partial charge in [-0.15, -0.1) is 0 Å². The zero-order chi connectivity index (χ0) is 21.0. The number of carbonyl (C=O) groups is 1. The zero-order valence-corrected chi connectivity index (χ0v) is 17.4. The van der Waals surface area contributed by atoms with Crippen LogP contribution in [0.15, 0.2) is 60.8 Å². The molecule has 29 heavy (non-hydrogen) atoms. The smallest absolute Gasteiger partial charge is 0.255 e. The Labute approximate surface area is 175 Å². The van der Waals surface area contributed by atoms with Gasteiger partial charge < -0.3 is 15.8 Å². The monoisotopic (exact) mass is 409 g/mol. The zero-order valence-electron chi connectivity index (χ0n) is 16.6. The molecule has 0 fully saturated rings. The van der Waals surface area contributed by atoms with Crippen molar-refractivity contribution in [3.05, 3.63) is 82.5 Å². The van der Waals surface area contributed by atoms with Crippen LogP contribution in [0.5, 0.6) is 5.75 Å². The summed E-state index contributed by atoms with van der Waals surface area (Å²) in [4.78, 5) is 16.7. The maximum Gasteiger partial charge on any atom is 0.255 e.